The minimum atomic E-state index is -0.798. The number of esters is 3. The summed E-state index contributed by atoms with van der Waals surface area (Å²) in [6.45, 7) is 6.45. The molecule has 0 saturated carbocycles. The van der Waals surface area contributed by atoms with Gasteiger partial charge in [-0.05, 0) is 103 Å². The summed E-state index contributed by atoms with van der Waals surface area (Å²) in [6, 6.07) is 0. The van der Waals surface area contributed by atoms with Gasteiger partial charge in [0.2, 0.25) is 0 Å². The van der Waals surface area contributed by atoms with Crippen LogP contribution in [0.25, 0.3) is 0 Å². The Hall–Kier alpha value is -3.67. The molecule has 0 spiro atoms. The van der Waals surface area contributed by atoms with E-state index >= 15 is 0 Å². The fourth-order valence-electron chi connectivity index (χ4n) is 8.48. The molecule has 73 heavy (non-hydrogen) atoms. The van der Waals surface area contributed by atoms with Crippen LogP contribution in [-0.2, 0) is 28.6 Å². The third-order valence-electron chi connectivity index (χ3n) is 13.1. The second-order valence-corrected chi connectivity index (χ2v) is 20.2. The van der Waals surface area contributed by atoms with Gasteiger partial charge < -0.3 is 14.2 Å². The molecule has 0 N–H and O–H groups in total. The van der Waals surface area contributed by atoms with Crippen molar-refractivity contribution in [2.24, 2.45) is 0 Å². The molecule has 0 heterocycles. The number of hydrogen-bond acceptors (Lipinski definition) is 6. The van der Waals surface area contributed by atoms with Crippen molar-refractivity contribution < 1.29 is 28.6 Å². The molecule has 0 amide bonds. The van der Waals surface area contributed by atoms with Gasteiger partial charge in [-0.15, -0.1) is 0 Å². The number of ether oxygens (including phenoxy) is 3. The van der Waals surface area contributed by atoms with Crippen molar-refractivity contribution in [2.45, 2.75) is 297 Å². The van der Waals surface area contributed by atoms with Crippen molar-refractivity contribution in [1.29, 1.82) is 0 Å². The standard InChI is InChI=1S/C67H114O6/c1-4-7-10-13-16-18-20-22-24-26-28-30-31-32-33-34-35-37-38-40-42-44-46-48-51-54-57-60-66(69)72-63-64(62-71-65(68)59-56-53-50-15-12-9-6-3)73-67(70)61-58-55-52-49-47-45-43-41-39-36-29-27-25-23-21-19-17-14-11-8-5-2/h8,11,17,19-20,22-23,25-26,28-29,36,41,43,47,49,64H,4-7,9-10,12-16,18,21,24,27,30-35,37-40,42,44-46,48,50-63H2,1-3H3/b11-8-,19-17-,22-20-,25-23-,28-26-,36-29-,43-41-,49-47-. The second kappa shape index (κ2) is 60.9. The van der Waals surface area contributed by atoms with Crippen LogP contribution in [0.4, 0.5) is 0 Å². The highest BCUT2D eigenvalue weighted by Gasteiger charge is 2.19. The van der Waals surface area contributed by atoms with Gasteiger partial charge in [-0.1, -0.05) is 266 Å². The van der Waals surface area contributed by atoms with E-state index in [9.17, 15) is 14.4 Å². The molecule has 6 nitrogen and oxygen atoms in total. The summed E-state index contributed by atoms with van der Waals surface area (Å²) in [5.41, 5.74) is 0. The zero-order chi connectivity index (χ0) is 52.9. The van der Waals surface area contributed by atoms with Crippen LogP contribution in [0.1, 0.15) is 290 Å². The van der Waals surface area contributed by atoms with E-state index in [1.54, 1.807) is 0 Å². The summed E-state index contributed by atoms with van der Waals surface area (Å²) >= 11 is 0. The Morgan fingerprint density at radius 2 is 0.534 bits per heavy atom. The van der Waals surface area contributed by atoms with Crippen LogP contribution in [0.5, 0.6) is 0 Å². The summed E-state index contributed by atoms with van der Waals surface area (Å²) in [5.74, 6) is -0.939. The SMILES string of the molecule is CC/C=C\C/C=C\C/C=C\C/C=C\C/C=C\C/C=C\CCCCC(=O)OC(COC(=O)CCCCCCCCC)COC(=O)CCCCCCCCCCCCCCCCC/C=C\C/C=C\CCCCCCC. The van der Waals surface area contributed by atoms with E-state index in [1.807, 2.05) is 0 Å². The molecule has 0 radical (unpaired) electrons. The molecular weight excluding hydrogens is 901 g/mol. The molecular formula is C67H114O6. The normalized spacial score (nSPS) is 12.8. The summed E-state index contributed by atoms with van der Waals surface area (Å²) in [4.78, 5) is 38.0. The molecule has 0 aliphatic rings. The topological polar surface area (TPSA) is 78.9 Å². The molecule has 0 aliphatic carbocycles. The smallest absolute Gasteiger partial charge is 0.306 e. The van der Waals surface area contributed by atoms with Gasteiger partial charge >= 0.3 is 17.9 Å². The molecule has 0 aliphatic heterocycles. The molecule has 0 aromatic carbocycles. The highest BCUT2D eigenvalue weighted by atomic mass is 16.6. The van der Waals surface area contributed by atoms with Gasteiger partial charge in [0.1, 0.15) is 13.2 Å². The maximum Gasteiger partial charge on any atom is 0.306 e. The molecule has 1 atom stereocenters. The lowest BCUT2D eigenvalue weighted by molar-refractivity contribution is -0.167. The Kier molecular flexibility index (Phi) is 57.8. The average Bonchev–Trinajstić information content (AvgIpc) is 3.39. The van der Waals surface area contributed by atoms with Crippen LogP contribution in [0.3, 0.4) is 0 Å². The van der Waals surface area contributed by atoms with Gasteiger partial charge in [-0.3, -0.25) is 14.4 Å². The number of carbonyl (C=O) groups excluding carboxylic acids is 3. The Morgan fingerprint density at radius 1 is 0.288 bits per heavy atom. The van der Waals surface area contributed by atoms with Crippen molar-refractivity contribution in [3.63, 3.8) is 0 Å². The number of carbonyl (C=O) groups is 3. The first-order chi connectivity index (χ1) is 36.0. The first kappa shape index (κ1) is 69.3. The number of allylic oxidation sites excluding steroid dienone is 16. The summed E-state index contributed by atoms with van der Waals surface area (Å²) in [7, 11) is 0. The molecule has 0 aromatic rings. The predicted octanol–water partition coefficient (Wildman–Crippen LogP) is 20.9. The first-order valence-corrected chi connectivity index (χ1v) is 30.7. The molecule has 0 bridgehead atoms. The summed E-state index contributed by atoms with van der Waals surface area (Å²) < 4.78 is 16.8. The summed E-state index contributed by atoms with van der Waals surface area (Å²) in [5, 5.41) is 0. The van der Waals surface area contributed by atoms with E-state index in [2.05, 4.69) is 118 Å². The number of unbranched alkanes of at least 4 members (excludes halogenated alkanes) is 28. The maximum absolute atomic E-state index is 12.8. The van der Waals surface area contributed by atoms with Crippen molar-refractivity contribution >= 4 is 17.9 Å². The molecule has 6 heteroatoms. The highest BCUT2D eigenvalue weighted by Crippen LogP contribution is 2.16. The van der Waals surface area contributed by atoms with Crippen molar-refractivity contribution in [1.82, 2.24) is 0 Å². The molecule has 0 fully saturated rings. The Bertz CT molecular complexity index is 1440. The third-order valence-corrected chi connectivity index (χ3v) is 13.1. The number of rotatable bonds is 55. The minimum absolute atomic E-state index is 0.0938. The minimum Gasteiger partial charge on any atom is -0.462 e. The fourth-order valence-corrected chi connectivity index (χ4v) is 8.48. The zero-order valence-corrected chi connectivity index (χ0v) is 47.9. The molecule has 0 saturated heterocycles. The highest BCUT2D eigenvalue weighted by molar-refractivity contribution is 5.71. The van der Waals surface area contributed by atoms with Gasteiger partial charge in [0.15, 0.2) is 6.10 Å². The Balaban J connectivity index is 4.20. The Labute approximate surface area is 451 Å². The van der Waals surface area contributed by atoms with Gasteiger partial charge in [0.25, 0.3) is 0 Å². The van der Waals surface area contributed by atoms with Gasteiger partial charge in [-0.2, -0.15) is 0 Å². The summed E-state index contributed by atoms with van der Waals surface area (Å²) in [6.07, 6.45) is 81.5. The lowest BCUT2D eigenvalue weighted by Crippen LogP contribution is -2.30. The molecule has 0 aromatic heterocycles. The van der Waals surface area contributed by atoms with Crippen molar-refractivity contribution in [3.8, 4) is 0 Å². The van der Waals surface area contributed by atoms with Crippen LogP contribution in [0.2, 0.25) is 0 Å². The number of hydrogen-bond donors (Lipinski definition) is 0. The lowest BCUT2D eigenvalue weighted by atomic mass is 10.0. The van der Waals surface area contributed by atoms with E-state index in [0.717, 1.165) is 96.3 Å². The van der Waals surface area contributed by atoms with Crippen LogP contribution in [0, 0.1) is 0 Å². The quantitative estimate of drug-likeness (QED) is 0.0261. The van der Waals surface area contributed by atoms with E-state index in [-0.39, 0.29) is 37.5 Å². The lowest BCUT2D eigenvalue weighted by Gasteiger charge is -2.18. The van der Waals surface area contributed by atoms with E-state index < -0.39 is 6.10 Å². The fraction of sp³-hybridized carbons (Fsp3) is 0.716. The molecule has 1 unspecified atom stereocenters. The predicted molar refractivity (Wildman–Crippen MR) is 316 cm³/mol. The second-order valence-electron chi connectivity index (χ2n) is 20.2. The molecule has 418 valence electrons. The van der Waals surface area contributed by atoms with E-state index in [0.29, 0.717) is 19.3 Å². The first-order valence-electron chi connectivity index (χ1n) is 30.7. The van der Waals surface area contributed by atoms with Crippen molar-refractivity contribution in [2.75, 3.05) is 13.2 Å². The van der Waals surface area contributed by atoms with Gasteiger partial charge in [0.05, 0.1) is 0 Å². The van der Waals surface area contributed by atoms with Gasteiger partial charge in [-0.25, -0.2) is 0 Å². The van der Waals surface area contributed by atoms with Crippen LogP contribution in [0.15, 0.2) is 97.2 Å². The van der Waals surface area contributed by atoms with Crippen molar-refractivity contribution in [3.05, 3.63) is 97.2 Å². The zero-order valence-electron chi connectivity index (χ0n) is 47.9. The van der Waals surface area contributed by atoms with E-state index in [1.165, 1.54) is 148 Å². The molecule has 0 rings (SSSR count). The van der Waals surface area contributed by atoms with Gasteiger partial charge in [0, 0.05) is 19.3 Å². The van der Waals surface area contributed by atoms with E-state index in [4.69, 9.17) is 14.2 Å². The Morgan fingerprint density at radius 3 is 0.863 bits per heavy atom. The maximum atomic E-state index is 12.8. The average molecular weight is 1020 g/mol. The largest absolute Gasteiger partial charge is 0.462 e. The van der Waals surface area contributed by atoms with Crippen LogP contribution >= 0.6 is 0 Å². The monoisotopic (exact) mass is 1010 g/mol. The third kappa shape index (κ3) is 59.1. The van der Waals surface area contributed by atoms with Crippen LogP contribution in [-0.4, -0.2) is 37.2 Å². The van der Waals surface area contributed by atoms with Crippen LogP contribution < -0.4 is 0 Å².